The van der Waals surface area contributed by atoms with Crippen molar-refractivity contribution >= 4 is 34.5 Å². The predicted molar refractivity (Wildman–Crippen MR) is 62.8 cm³/mol. The fourth-order valence-corrected chi connectivity index (χ4v) is 2.11. The highest BCUT2D eigenvalue weighted by Crippen LogP contribution is 2.15. The molecule has 0 aliphatic heterocycles. The molecule has 0 aliphatic rings. The number of thiophene rings is 1. The second-order valence-electron chi connectivity index (χ2n) is 3.28. The van der Waals surface area contributed by atoms with E-state index in [1.807, 2.05) is 6.92 Å². The van der Waals surface area contributed by atoms with Crippen LogP contribution in [0.5, 0.6) is 0 Å². The number of hydrogen-bond donors (Lipinski definition) is 0. The lowest BCUT2D eigenvalue weighted by atomic mass is 10.1. The third kappa shape index (κ3) is 3.43. The van der Waals surface area contributed by atoms with Crippen molar-refractivity contribution in [2.45, 2.75) is 31.6 Å². The second-order valence-corrected chi connectivity index (χ2v) is 4.75. The number of ketones is 2. The minimum atomic E-state index is -0.667. The van der Waals surface area contributed by atoms with Gasteiger partial charge in [-0.1, -0.05) is 25.8 Å². The van der Waals surface area contributed by atoms with Gasteiger partial charge in [-0.25, -0.2) is 0 Å². The van der Waals surface area contributed by atoms with Gasteiger partial charge in [-0.05, 0) is 17.9 Å². The molecule has 15 heavy (non-hydrogen) atoms. The molecule has 1 atom stereocenters. The molecule has 0 saturated carbocycles. The summed E-state index contributed by atoms with van der Waals surface area (Å²) in [7, 11) is 0. The Morgan fingerprint density at radius 1 is 1.53 bits per heavy atom. The summed E-state index contributed by atoms with van der Waals surface area (Å²) in [5.41, 5.74) is 0. The zero-order chi connectivity index (χ0) is 11.3. The summed E-state index contributed by atoms with van der Waals surface area (Å²) in [4.78, 5) is 23.6. The van der Waals surface area contributed by atoms with E-state index in [0.29, 0.717) is 11.3 Å². The topological polar surface area (TPSA) is 34.1 Å². The van der Waals surface area contributed by atoms with Crippen molar-refractivity contribution in [3.63, 3.8) is 0 Å². The molecule has 0 saturated heterocycles. The molecule has 0 bridgehead atoms. The third-order valence-corrected chi connectivity index (χ3v) is 3.35. The summed E-state index contributed by atoms with van der Waals surface area (Å²) in [6, 6.07) is 3.40. The maximum absolute atomic E-state index is 11.6. The van der Waals surface area contributed by atoms with Gasteiger partial charge in [0.2, 0.25) is 11.6 Å². The zero-order valence-electron chi connectivity index (χ0n) is 8.53. The second kappa shape index (κ2) is 6.03. The maximum Gasteiger partial charge on any atom is 0.240 e. The maximum atomic E-state index is 11.6. The van der Waals surface area contributed by atoms with Gasteiger partial charge in [0, 0.05) is 0 Å². The summed E-state index contributed by atoms with van der Waals surface area (Å²) >= 11 is 7.13. The predicted octanol–water partition coefficient (Wildman–Crippen LogP) is 3.30. The molecule has 0 N–H and O–H groups in total. The number of carbonyl (C=O) groups excluding carboxylic acids is 2. The van der Waals surface area contributed by atoms with Crippen LogP contribution in [-0.2, 0) is 4.79 Å². The van der Waals surface area contributed by atoms with Crippen LogP contribution in [0.15, 0.2) is 17.5 Å². The average molecular weight is 245 g/mol. The molecule has 0 aliphatic carbocycles. The Labute approximate surface area is 98.3 Å². The largest absolute Gasteiger partial charge is 0.289 e. The third-order valence-electron chi connectivity index (χ3n) is 2.06. The lowest BCUT2D eigenvalue weighted by molar-refractivity contribution is -0.114. The molecule has 1 unspecified atom stereocenters. The van der Waals surface area contributed by atoms with Crippen LogP contribution in [0.2, 0.25) is 0 Å². The van der Waals surface area contributed by atoms with E-state index < -0.39 is 16.9 Å². The van der Waals surface area contributed by atoms with Crippen molar-refractivity contribution in [3.05, 3.63) is 22.4 Å². The van der Waals surface area contributed by atoms with Gasteiger partial charge in [-0.2, -0.15) is 0 Å². The first kappa shape index (κ1) is 12.4. The summed E-state index contributed by atoms with van der Waals surface area (Å²) in [5.74, 6) is -0.936. The Morgan fingerprint density at radius 3 is 2.80 bits per heavy atom. The van der Waals surface area contributed by atoms with E-state index >= 15 is 0 Å². The van der Waals surface area contributed by atoms with Crippen LogP contribution < -0.4 is 0 Å². The molecule has 0 spiro atoms. The number of Topliss-reactive ketones (excluding diaryl/α,β-unsaturated/α-hetero) is 2. The monoisotopic (exact) mass is 244 g/mol. The van der Waals surface area contributed by atoms with Crippen molar-refractivity contribution < 1.29 is 9.59 Å². The van der Waals surface area contributed by atoms with E-state index in [9.17, 15) is 9.59 Å². The highest BCUT2D eigenvalue weighted by atomic mass is 35.5. The Bertz CT molecular complexity index is 332. The van der Waals surface area contributed by atoms with Crippen LogP contribution in [0.25, 0.3) is 0 Å². The molecule has 0 fully saturated rings. The number of halogens is 1. The molecule has 1 heterocycles. The Morgan fingerprint density at radius 2 is 2.27 bits per heavy atom. The highest BCUT2D eigenvalue weighted by Gasteiger charge is 2.24. The van der Waals surface area contributed by atoms with Crippen molar-refractivity contribution in [1.82, 2.24) is 0 Å². The molecule has 1 aromatic heterocycles. The van der Waals surface area contributed by atoms with Gasteiger partial charge in [0.15, 0.2) is 0 Å². The van der Waals surface area contributed by atoms with Crippen LogP contribution in [-0.4, -0.2) is 16.9 Å². The standard InChI is InChI=1S/C11H13ClO2S/c1-2-3-5-8(12)10(13)11(14)9-6-4-7-15-9/h4,6-8H,2-3,5H2,1H3. The molecule has 1 rings (SSSR count). The van der Waals surface area contributed by atoms with Crippen molar-refractivity contribution in [3.8, 4) is 0 Å². The number of hydrogen-bond acceptors (Lipinski definition) is 3. The van der Waals surface area contributed by atoms with Gasteiger partial charge in [0.25, 0.3) is 0 Å². The number of rotatable bonds is 6. The van der Waals surface area contributed by atoms with E-state index in [-0.39, 0.29) is 0 Å². The molecule has 0 radical (unpaired) electrons. The fourth-order valence-electron chi connectivity index (χ4n) is 1.19. The Balaban J connectivity index is 2.57. The number of carbonyl (C=O) groups is 2. The minimum absolute atomic E-state index is 0.457. The minimum Gasteiger partial charge on any atom is -0.289 e. The SMILES string of the molecule is CCCCC(Cl)C(=O)C(=O)c1cccs1. The van der Waals surface area contributed by atoms with Gasteiger partial charge < -0.3 is 0 Å². The van der Waals surface area contributed by atoms with Gasteiger partial charge in [0.05, 0.1) is 4.88 Å². The zero-order valence-corrected chi connectivity index (χ0v) is 10.1. The van der Waals surface area contributed by atoms with Gasteiger partial charge in [0.1, 0.15) is 5.38 Å². The molecule has 4 heteroatoms. The van der Waals surface area contributed by atoms with Crippen molar-refractivity contribution in [2.75, 3.05) is 0 Å². The van der Waals surface area contributed by atoms with Crippen LogP contribution in [0.4, 0.5) is 0 Å². The fraction of sp³-hybridized carbons (Fsp3) is 0.455. The average Bonchev–Trinajstić information content (AvgIpc) is 2.77. The first-order chi connectivity index (χ1) is 7.16. The van der Waals surface area contributed by atoms with Crippen LogP contribution in [0, 0.1) is 0 Å². The first-order valence-corrected chi connectivity index (χ1v) is 6.24. The molecule has 0 aromatic carbocycles. The summed E-state index contributed by atoms with van der Waals surface area (Å²) in [6.07, 6.45) is 2.43. The lowest BCUT2D eigenvalue weighted by Gasteiger charge is -2.05. The summed E-state index contributed by atoms with van der Waals surface area (Å²) in [5, 5.41) is 1.11. The lowest BCUT2D eigenvalue weighted by Crippen LogP contribution is -2.23. The van der Waals surface area contributed by atoms with Gasteiger partial charge >= 0.3 is 0 Å². The van der Waals surface area contributed by atoms with Crippen molar-refractivity contribution in [2.24, 2.45) is 0 Å². The van der Waals surface area contributed by atoms with Gasteiger partial charge in [-0.15, -0.1) is 22.9 Å². The molecule has 1 aromatic rings. The summed E-state index contributed by atoms with van der Waals surface area (Å²) < 4.78 is 0. The van der Waals surface area contributed by atoms with Crippen LogP contribution in [0.1, 0.15) is 35.9 Å². The Hall–Kier alpha value is -0.670. The summed E-state index contributed by atoms with van der Waals surface area (Å²) in [6.45, 7) is 2.02. The normalized spacial score (nSPS) is 12.4. The number of alkyl halides is 1. The van der Waals surface area contributed by atoms with E-state index in [1.54, 1.807) is 17.5 Å². The number of unbranched alkanes of at least 4 members (excludes halogenated alkanes) is 1. The van der Waals surface area contributed by atoms with Gasteiger partial charge in [-0.3, -0.25) is 9.59 Å². The van der Waals surface area contributed by atoms with E-state index in [0.717, 1.165) is 12.8 Å². The smallest absolute Gasteiger partial charge is 0.240 e. The first-order valence-electron chi connectivity index (χ1n) is 4.93. The van der Waals surface area contributed by atoms with Crippen LogP contribution in [0.3, 0.4) is 0 Å². The van der Waals surface area contributed by atoms with E-state index in [2.05, 4.69) is 0 Å². The molecule has 2 nitrogen and oxygen atoms in total. The quantitative estimate of drug-likeness (QED) is 0.437. The Kier molecular flexibility index (Phi) is 4.99. The molecule has 0 amide bonds. The van der Waals surface area contributed by atoms with E-state index in [4.69, 9.17) is 11.6 Å². The molecule has 82 valence electrons. The highest BCUT2D eigenvalue weighted by molar-refractivity contribution is 7.13. The van der Waals surface area contributed by atoms with Crippen LogP contribution >= 0.6 is 22.9 Å². The van der Waals surface area contributed by atoms with Crippen molar-refractivity contribution in [1.29, 1.82) is 0 Å². The molecular formula is C11H13ClO2S. The van der Waals surface area contributed by atoms with E-state index in [1.165, 1.54) is 11.3 Å². The molecular weight excluding hydrogens is 232 g/mol.